The normalized spacial score (nSPS) is 17.6. The first-order chi connectivity index (χ1) is 10.9. The maximum absolute atomic E-state index is 12.8. The summed E-state index contributed by atoms with van der Waals surface area (Å²) in [5, 5.41) is -0.874. The summed E-state index contributed by atoms with van der Waals surface area (Å²) in [6, 6.07) is 4.99. The molecule has 9 heteroatoms. The van der Waals surface area contributed by atoms with Crippen LogP contribution in [0, 0.1) is 6.08 Å². The molecule has 0 bridgehead atoms. The van der Waals surface area contributed by atoms with Gasteiger partial charge in [-0.05, 0) is 12.1 Å². The van der Waals surface area contributed by atoms with E-state index in [1.807, 2.05) is 0 Å². The predicted octanol–water partition coefficient (Wildman–Crippen LogP) is 3.68. The number of carbonyl (C=O) groups is 1. The van der Waals surface area contributed by atoms with Gasteiger partial charge >= 0.3 is 0 Å². The molecule has 1 aromatic carbocycles. The van der Waals surface area contributed by atoms with Gasteiger partial charge in [-0.25, -0.2) is 14.9 Å². The third-order valence-corrected chi connectivity index (χ3v) is 4.11. The first-order valence-corrected chi connectivity index (χ1v) is 7.93. The minimum atomic E-state index is -2.67. The second-order valence-corrected chi connectivity index (χ2v) is 6.11. The minimum absolute atomic E-state index is 0. The van der Waals surface area contributed by atoms with Crippen LogP contribution in [0.4, 0.5) is 8.78 Å². The number of carbonyl (C=O) groups excluding carboxylic acids is 1. The van der Waals surface area contributed by atoms with Gasteiger partial charge in [0.2, 0.25) is 5.91 Å². The summed E-state index contributed by atoms with van der Waals surface area (Å²) in [5.41, 5.74) is 0.852. The van der Waals surface area contributed by atoms with Crippen LogP contribution in [-0.2, 0) is 42.2 Å². The van der Waals surface area contributed by atoms with E-state index < -0.39 is 24.3 Å². The van der Waals surface area contributed by atoms with Gasteiger partial charge in [-0.1, -0.05) is 26.8 Å². The molecule has 1 radical (unpaired) electrons. The van der Waals surface area contributed by atoms with Crippen LogP contribution in [0.15, 0.2) is 22.7 Å². The van der Waals surface area contributed by atoms with E-state index in [-0.39, 0.29) is 51.6 Å². The predicted molar refractivity (Wildman–Crippen MR) is 85.3 cm³/mol. The summed E-state index contributed by atoms with van der Waals surface area (Å²) in [4.78, 5) is 13.1. The molecule has 0 saturated heterocycles. The summed E-state index contributed by atoms with van der Waals surface area (Å²) in [6.07, 6.45) is 0.440. The summed E-state index contributed by atoms with van der Waals surface area (Å²) in [6.45, 7) is -0.636. The molecule has 0 aromatic heterocycles. The fourth-order valence-electron chi connectivity index (χ4n) is 2.11. The molecule has 0 spiro atoms. The van der Waals surface area contributed by atoms with Crippen molar-refractivity contribution < 1.29 is 55.8 Å². The zero-order valence-corrected chi connectivity index (χ0v) is 17.9. The molecule has 0 saturated carbocycles. The van der Waals surface area contributed by atoms with Crippen molar-refractivity contribution >= 4 is 39.1 Å². The summed E-state index contributed by atoms with van der Waals surface area (Å²) in [5.74, 6) is -0.00633. The Morgan fingerprint density at radius 1 is 1.50 bits per heavy atom. The number of halogens is 4. The molecule has 1 unspecified atom stereocenters. The van der Waals surface area contributed by atoms with Crippen LogP contribution in [-0.4, -0.2) is 43.1 Å². The molecule has 1 aromatic rings. The van der Waals surface area contributed by atoms with Crippen LogP contribution in [0.2, 0.25) is 0 Å². The second kappa shape index (κ2) is 10.2. The molecule has 0 aliphatic carbocycles. The number of hydrogen-bond acceptors (Lipinski definition) is 3. The van der Waals surface area contributed by atoms with Crippen molar-refractivity contribution in [3.8, 4) is 5.75 Å². The van der Waals surface area contributed by atoms with Gasteiger partial charge in [0, 0.05) is 39.8 Å². The number of amides is 1. The Bertz CT molecular complexity index is 618. The van der Waals surface area contributed by atoms with Crippen LogP contribution >= 0.6 is 27.5 Å². The quantitative estimate of drug-likeness (QED) is 0.341. The molecule has 1 aliphatic rings. The Hall–Kier alpha value is -0.0761. The second-order valence-electron chi connectivity index (χ2n) is 4.73. The molecule has 4 nitrogen and oxygen atoms in total. The van der Waals surface area contributed by atoms with Crippen LogP contribution in [0.3, 0.4) is 0 Å². The number of alkyl halides is 3. The molecule has 24 heavy (non-hydrogen) atoms. The fraction of sp³-hybridized carbons (Fsp3) is 0.400. The average molecular weight is 499 g/mol. The van der Waals surface area contributed by atoms with Gasteiger partial charge in [-0.15, -0.1) is 28.9 Å². The number of allylic oxidation sites excluding steroid dienone is 1. The first-order valence-electron chi connectivity index (χ1n) is 6.70. The number of benzene rings is 1. The van der Waals surface area contributed by atoms with E-state index in [2.05, 4.69) is 22.0 Å². The third-order valence-electron chi connectivity index (χ3n) is 3.11. The zero-order chi connectivity index (χ0) is 17.0. The van der Waals surface area contributed by atoms with Crippen molar-refractivity contribution in [2.75, 3.05) is 20.4 Å². The van der Waals surface area contributed by atoms with Crippen molar-refractivity contribution in [2.24, 2.45) is 0 Å². The number of hydrogen-bond donors (Lipinski definition) is 0. The van der Waals surface area contributed by atoms with Gasteiger partial charge in [-0.3, -0.25) is 4.79 Å². The van der Waals surface area contributed by atoms with E-state index in [0.29, 0.717) is 15.8 Å². The fourth-order valence-corrected chi connectivity index (χ4v) is 2.85. The van der Waals surface area contributed by atoms with Crippen LogP contribution in [0.5, 0.6) is 5.75 Å². The summed E-state index contributed by atoms with van der Waals surface area (Å²) >= 11 is 9.23. The maximum atomic E-state index is 12.8. The topological polar surface area (TPSA) is 38.8 Å². The maximum Gasteiger partial charge on any atom is 0.256 e. The zero-order valence-electron chi connectivity index (χ0n) is 12.8. The monoisotopic (exact) mass is 497 g/mol. The van der Waals surface area contributed by atoms with E-state index in [1.165, 1.54) is 7.11 Å². The van der Waals surface area contributed by atoms with Gasteiger partial charge in [0.25, 0.3) is 6.43 Å². The molecule has 1 heterocycles. The van der Waals surface area contributed by atoms with Gasteiger partial charge in [0.15, 0.2) is 6.79 Å². The molecular weight excluding hydrogens is 484 g/mol. The molecule has 1 atom stereocenters. The minimum Gasteiger partial charge on any atom is -0.468 e. The Balaban J connectivity index is 0.00000288. The van der Waals surface area contributed by atoms with Crippen molar-refractivity contribution in [1.29, 1.82) is 0 Å². The van der Waals surface area contributed by atoms with Crippen molar-refractivity contribution in [1.82, 2.24) is 4.90 Å². The number of nitrogens with zero attached hydrogens (tertiary/aromatic N) is 1. The first kappa shape index (κ1) is 22.0. The standard InChI is InChI=1S/C15H14BrClF2NO3.Y/c1-22-8-23-9-2-3-10(11(16)6-9)13-5-4-12(17)15(21)20(13)7-14(18)19;/h2-3,6,12,14H,4,7-8H2,1H3;/q-1;. The smallest absolute Gasteiger partial charge is 0.256 e. The largest absolute Gasteiger partial charge is 0.468 e. The number of ether oxygens (including phenoxy) is 2. The molecule has 0 fully saturated rings. The van der Waals surface area contributed by atoms with Gasteiger partial charge < -0.3 is 14.4 Å². The third kappa shape index (κ3) is 5.46. The van der Waals surface area contributed by atoms with Crippen LogP contribution < -0.4 is 4.74 Å². The van der Waals surface area contributed by atoms with Crippen molar-refractivity contribution in [3.05, 3.63) is 34.3 Å². The van der Waals surface area contributed by atoms with E-state index in [0.717, 1.165) is 4.90 Å². The van der Waals surface area contributed by atoms with Crippen molar-refractivity contribution in [3.63, 3.8) is 0 Å². The average Bonchev–Trinajstić information content (AvgIpc) is 2.50. The van der Waals surface area contributed by atoms with E-state index >= 15 is 0 Å². The molecular formula is C15H14BrClF2NO3Y-. The SMILES string of the molecule is COCOc1ccc(C2=[C-]CC(Cl)C(=O)N2CC(F)F)c(Br)c1.[Y]. The Kier molecular flexibility index (Phi) is 9.30. The number of rotatable bonds is 6. The Morgan fingerprint density at radius 2 is 2.21 bits per heavy atom. The van der Waals surface area contributed by atoms with Crippen molar-refractivity contribution in [2.45, 2.75) is 18.2 Å². The van der Waals surface area contributed by atoms with Crippen LogP contribution in [0.25, 0.3) is 5.70 Å². The van der Waals surface area contributed by atoms with Gasteiger partial charge in [0.05, 0.1) is 6.54 Å². The molecule has 0 N–H and O–H groups in total. The molecule has 1 amide bonds. The Labute approximate surface area is 177 Å². The molecule has 1 aliphatic heterocycles. The van der Waals surface area contributed by atoms with E-state index in [4.69, 9.17) is 21.1 Å². The van der Waals surface area contributed by atoms with Gasteiger partial charge in [-0.2, -0.15) is 0 Å². The van der Waals surface area contributed by atoms with Gasteiger partial charge in [0.1, 0.15) is 11.1 Å². The van der Waals surface area contributed by atoms with E-state index in [1.54, 1.807) is 18.2 Å². The van der Waals surface area contributed by atoms with E-state index in [9.17, 15) is 13.6 Å². The summed E-state index contributed by atoms with van der Waals surface area (Å²) < 4.78 is 36.3. The molecule has 2 rings (SSSR count). The summed E-state index contributed by atoms with van der Waals surface area (Å²) in [7, 11) is 1.50. The molecule has 129 valence electrons. The number of methoxy groups -OCH3 is 1. The van der Waals surface area contributed by atoms with Crippen LogP contribution in [0.1, 0.15) is 12.0 Å². The Morgan fingerprint density at radius 3 is 2.79 bits per heavy atom.